The summed E-state index contributed by atoms with van der Waals surface area (Å²) in [6.45, 7) is 3.61. The fourth-order valence-electron chi connectivity index (χ4n) is 4.67. The van der Waals surface area contributed by atoms with E-state index >= 15 is 0 Å². The van der Waals surface area contributed by atoms with Gasteiger partial charge in [0.15, 0.2) is 0 Å². The first-order valence-electron chi connectivity index (χ1n) is 10.4. The molecular formula is C23H22F6N2O. The van der Waals surface area contributed by atoms with E-state index in [2.05, 4.69) is 16.5 Å². The van der Waals surface area contributed by atoms with Crippen molar-refractivity contribution in [2.45, 2.75) is 62.6 Å². The molecule has 3 nitrogen and oxygen atoms in total. The van der Waals surface area contributed by atoms with Crippen LogP contribution < -0.4 is 9.64 Å². The van der Waals surface area contributed by atoms with Gasteiger partial charge < -0.3 is 9.64 Å². The standard InChI is InChI=1S/C23H22F6N2O/c1-2-3-14-10-15(22(24,25)26)4-8-20(14)32-19-11-17-6-7-18(12-19)31(17)21-9-5-16(13-30-21)23(27,28)29/h2,4-5,8-10,13,17-19H,1,3,6-7,11-12H2. The number of alkyl halides is 6. The van der Waals surface area contributed by atoms with Crippen molar-refractivity contribution in [3.63, 3.8) is 0 Å². The molecule has 0 amide bonds. The van der Waals surface area contributed by atoms with E-state index in [0.717, 1.165) is 37.2 Å². The summed E-state index contributed by atoms with van der Waals surface area (Å²) in [6, 6.07) is 6.00. The number of hydrogen-bond acceptors (Lipinski definition) is 3. The average molecular weight is 456 g/mol. The predicted octanol–water partition coefficient (Wildman–Crippen LogP) is 6.43. The third-order valence-electron chi connectivity index (χ3n) is 6.08. The fourth-order valence-corrected chi connectivity index (χ4v) is 4.67. The zero-order valence-corrected chi connectivity index (χ0v) is 17.1. The Morgan fingerprint density at radius 1 is 0.969 bits per heavy atom. The number of piperidine rings is 1. The van der Waals surface area contributed by atoms with Crippen LogP contribution in [-0.2, 0) is 18.8 Å². The van der Waals surface area contributed by atoms with Gasteiger partial charge in [-0.05, 0) is 55.2 Å². The molecule has 2 aliphatic heterocycles. The van der Waals surface area contributed by atoms with E-state index in [4.69, 9.17) is 4.74 Å². The Bertz CT molecular complexity index is 956. The van der Waals surface area contributed by atoms with Crippen LogP contribution in [0.3, 0.4) is 0 Å². The minimum absolute atomic E-state index is 0.0558. The van der Waals surface area contributed by atoms with Crippen molar-refractivity contribution in [3.8, 4) is 5.75 Å². The molecule has 1 aromatic heterocycles. The Kier molecular flexibility index (Phi) is 5.85. The van der Waals surface area contributed by atoms with Crippen LogP contribution in [0.15, 0.2) is 49.2 Å². The van der Waals surface area contributed by atoms with Crippen molar-refractivity contribution < 1.29 is 31.1 Å². The number of nitrogens with zero attached hydrogens (tertiary/aromatic N) is 2. The quantitative estimate of drug-likeness (QED) is 0.383. The number of pyridine rings is 1. The van der Waals surface area contributed by atoms with Gasteiger partial charge in [-0.3, -0.25) is 0 Å². The van der Waals surface area contributed by atoms with Crippen molar-refractivity contribution >= 4 is 5.82 Å². The number of allylic oxidation sites excluding steroid dienone is 1. The second-order valence-electron chi connectivity index (χ2n) is 8.22. The maximum absolute atomic E-state index is 13.1. The predicted molar refractivity (Wildman–Crippen MR) is 108 cm³/mol. The lowest BCUT2D eigenvalue weighted by Gasteiger charge is -2.40. The minimum atomic E-state index is -4.44. The highest BCUT2D eigenvalue weighted by molar-refractivity contribution is 5.45. The molecule has 0 spiro atoms. The van der Waals surface area contributed by atoms with Crippen LogP contribution >= 0.6 is 0 Å². The molecule has 172 valence electrons. The molecule has 0 aliphatic carbocycles. The molecule has 4 rings (SSSR count). The second-order valence-corrected chi connectivity index (χ2v) is 8.22. The Morgan fingerprint density at radius 2 is 1.59 bits per heavy atom. The van der Waals surface area contributed by atoms with Gasteiger partial charge in [-0.25, -0.2) is 4.98 Å². The van der Waals surface area contributed by atoms with Crippen LogP contribution in [0.2, 0.25) is 0 Å². The van der Waals surface area contributed by atoms with Gasteiger partial charge in [-0.1, -0.05) is 6.08 Å². The Hall–Kier alpha value is -2.71. The summed E-state index contributed by atoms with van der Waals surface area (Å²) < 4.78 is 83.8. The summed E-state index contributed by atoms with van der Waals surface area (Å²) in [4.78, 5) is 6.09. The molecule has 2 bridgehead atoms. The third-order valence-corrected chi connectivity index (χ3v) is 6.08. The summed E-state index contributed by atoms with van der Waals surface area (Å²) in [7, 11) is 0. The molecule has 0 radical (unpaired) electrons. The largest absolute Gasteiger partial charge is 0.490 e. The zero-order chi connectivity index (χ0) is 23.1. The van der Waals surface area contributed by atoms with Crippen LogP contribution in [0.25, 0.3) is 0 Å². The van der Waals surface area contributed by atoms with Gasteiger partial charge in [0, 0.05) is 31.1 Å². The SMILES string of the molecule is C=CCc1cc(C(F)(F)F)ccc1OC1CC2CCC(C1)N2c1ccc(C(F)(F)F)cn1. The normalized spacial score (nSPS) is 23.3. The molecule has 2 saturated heterocycles. The topological polar surface area (TPSA) is 25.4 Å². The minimum Gasteiger partial charge on any atom is -0.490 e. The van der Waals surface area contributed by atoms with Crippen molar-refractivity contribution in [1.29, 1.82) is 0 Å². The number of anilines is 1. The summed E-state index contributed by atoms with van der Waals surface area (Å²) in [6.07, 6.45) is -3.48. The van der Waals surface area contributed by atoms with Crippen LogP contribution in [-0.4, -0.2) is 23.2 Å². The van der Waals surface area contributed by atoms with Gasteiger partial charge in [0.05, 0.1) is 11.1 Å². The van der Waals surface area contributed by atoms with E-state index in [1.54, 1.807) is 0 Å². The lowest BCUT2D eigenvalue weighted by molar-refractivity contribution is -0.138. The van der Waals surface area contributed by atoms with Crippen LogP contribution in [0.5, 0.6) is 5.75 Å². The molecule has 1 aromatic carbocycles. The number of benzene rings is 1. The molecule has 0 saturated carbocycles. The zero-order valence-electron chi connectivity index (χ0n) is 17.1. The van der Waals surface area contributed by atoms with Gasteiger partial charge >= 0.3 is 12.4 Å². The first kappa shape index (κ1) is 22.5. The van der Waals surface area contributed by atoms with Gasteiger partial charge in [0.2, 0.25) is 0 Å². The molecule has 2 fully saturated rings. The Morgan fingerprint density at radius 3 is 2.12 bits per heavy atom. The summed E-state index contributed by atoms with van der Waals surface area (Å²) >= 11 is 0. The molecule has 9 heteroatoms. The van der Waals surface area contributed by atoms with Gasteiger partial charge in [0.1, 0.15) is 17.7 Å². The fraction of sp³-hybridized carbons (Fsp3) is 0.435. The molecule has 3 heterocycles. The van der Waals surface area contributed by atoms with E-state index in [0.29, 0.717) is 30.0 Å². The second kappa shape index (κ2) is 8.33. The highest BCUT2D eigenvalue weighted by Gasteiger charge is 2.43. The third kappa shape index (κ3) is 4.56. The highest BCUT2D eigenvalue weighted by atomic mass is 19.4. The number of halogens is 6. The first-order chi connectivity index (χ1) is 15.1. The molecule has 32 heavy (non-hydrogen) atoms. The van der Waals surface area contributed by atoms with Gasteiger partial charge in [-0.2, -0.15) is 26.3 Å². The lowest BCUT2D eigenvalue weighted by atomic mass is 9.99. The van der Waals surface area contributed by atoms with E-state index in [9.17, 15) is 26.3 Å². The number of fused-ring (bicyclic) bond motifs is 2. The average Bonchev–Trinajstić information content (AvgIpc) is 2.98. The molecular weight excluding hydrogens is 434 g/mol. The van der Waals surface area contributed by atoms with Crippen molar-refractivity contribution in [3.05, 3.63) is 65.9 Å². The first-order valence-corrected chi connectivity index (χ1v) is 10.4. The smallest absolute Gasteiger partial charge is 0.417 e. The maximum Gasteiger partial charge on any atom is 0.417 e. The van der Waals surface area contributed by atoms with Gasteiger partial charge in [0.25, 0.3) is 0 Å². The summed E-state index contributed by atoms with van der Waals surface area (Å²) in [5, 5.41) is 0. The van der Waals surface area contributed by atoms with E-state index < -0.39 is 23.5 Å². The van der Waals surface area contributed by atoms with Crippen LogP contribution in [0, 0.1) is 0 Å². The van der Waals surface area contributed by atoms with E-state index in [-0.39, 0.29) is 24.6 Å². The molecule has 0 N–H and O–H groups in total. The number of ether oxygens (including phenoxy) is 1. The maximum atomic E-state index is 13.1. The van der Waals surface area contributed by atoms with Crippen molar-refractivity contribution in [2.24, 2.45) is 0 Å². The van der Waals surface area contributed by atoms with E-state index in [1.807, 2.05) is 0 Å². The molecule has 2 unspecified atom stereocenters. The Balaban J connectivity index is 1.49. The number of hydrogen-bond donors (Lipinski definition) is 0. The summed E-state index contributed by atoms with van der Waals surface area (Å²) in [5.74, 6) is 0.911. The van der Waals surface area contributed by atoms with E-state index in [1.165, 1.54) is 18.2 Å². The van der Waals surface area contributed by atoms with Crippen molar-refractivity contribution in [2.75, 3.05) is 4.90 Å². The highest BCUT2D eigenvalue weighted by Crippen LogP contribution is 2.41. The number of aromatic nitrogens is 1. The lowest BCUT2D eigenvalue weighted by Crippen LogP contribution is -2.47. The van der Waals surface area contributed by atoms with Crippen LogP contribution in [0.1, 0.15) is 42.4 Å². The monoisotopic (exact) mass is 456 g/mol. The van der Waals surface area contributed by atoms with Crippen LogP contribution in [0.4, 0.5) is 32.2 Å². The molecule has 2 aromatic rings. The molecule has 2 aliphatic rings. The molecule has 2 atom stereocenters. The number of rotatable bonds is 5. The summed E-state index contributed by atoms with van der Waals surface area (Å²) in [5.41, 5.74) is -1.09. The van der Waals surface area contributed by atoms with Crippen molar-refractivity contribution in [1.82, 2.24) is 4.98 Å². The Labute approximate surface area is 181 Å². The van der Waals surface area contributed by atoms with Gasteiger partial charge in [-0.15, -0.1) is 6.58 Å².